The number of ether oxygens (including phenoxy) is 2. The van der Waals surface area contributed by atoms with Crippen LogP contribution in [0.15, 0.2) is 18.2 Å². The summed E-state index contributed by atoms with van der Waals surface area (Å²) in [6.45, 7) is 5.32. The lowest BCUT2D eigenvalue weighted by molar-refractivity contribution is -0.128. The number of fused-ring (bicyclic) bond motifs is 1. The highest BCUT2D eigenvalue weighted by Crippen LogP contribution is 2.33. The van der Waals surface area contributed by atoms with Crippen LogP contribution in [0.3, 0.4) is 0 Å². The third-order valence-electron chi connectivity index (χ3n) is 5.75. The predicted molar refractivity (Wildman–Crippen MR) is 106 cm³/mol. The molecule has 3 saturated heterocycles. The highest BCUT2D eigenvalue weighted by molar-refractivity contribution is 5.90. The van der Waals surface area contributed by atoms with Gasteiger partial charge in [0, 0.05) is 33.5 Å². The van der Waals surface area contributed by atoms with Crippen LogP contribution < -0.4 is 15.1 Å². The number of rotatable bonds is 4. The lowest BCUT2D eigenvalue weighted by Crippen LogP contribution is -2.51. The molecule has 0 aromatic heterocycles. The number of benzene rings is 1. The van der Waals surface area contributed by atoms with Gasteiger partial charge in [0.2, 0.25) is 11.8 Å². The molecule has 4 rings (SSSR count). The number of carbonyl (C=O) groups excluding carboxylic acids is 3. The molecule has 162 valence electrons. The van der Waals surface area contributed by atoms with Gasteiger partial charge in [0.1, 0.15) is 11.9 Å². The Bertz CT molecular complexity index is 866. The van der Waals surface area contributed by atoms with Gasteiger partial charge < -0.3 is 24.6 Å². The fraction of sp³-hybridized carbons (Fsp3) is 0.550. The first kappa shape index (κ1) is 20.4. The molecule has 0 bridgehead atoms. The minimum atomic E-state index is -0.572. The number of nitrogens with zero attached hydrogens (tertiary/aromatic N) is 3. The fourth-order valence-electron chi connectivity index (χ4n) is 4.24. The molecule has 0 aliphatic carbocycles. The molecule has 0 spiro atoms. The number of halogens is 1. The van der Waals surface area contributed by atoms with Crippen LogP contribution in [0.5, 0.6) is 0 Å². The van der Waals surface area contributed by atoms with E-state index in [0.717, 1.165) is 0 Å². The van der Waals surface area contributed by atoms with Gasteiger partial charge in [-0.3, -0.25) is 14.5 Å². The van der Waals surface area contributed by atoms with Gasteiger partial charge in [-0.05, 0) is 18.2 Å². The van der Waals surface area contributed by atoms with Crippen LogP contribution in [0.25, 0.3) is 0 Å². The molecule has 10 heteroatoms. The van der Waals surface area contributed by atoms with Crippen molar-refractivity contribution in [1.29, 1.82) is 0 Å². The number of cyclic esters (lactones) is 1. The van der Waals surface area contributed by atoms with Crippen molar-refractivity contribution in [3.63, 3.8) is 0 Å². The first-order valence-corrected chi connectivity index (χ1v) is 9.99. The number of amides is 3. The third kappa shape index (κ3) is 3.91. The minimum absolute atomic E-state index is 0.0230. The Balaban J connectivity index is 1.49. The second-order valence-electron chi connectivity index (χ2n) is 7.78. The van der Waals surface area contributed by atoms with Crippen LogP contribution in [-0.2, 0) is 19.1 Å². The van der Waals surface area contributed by atoms with E-state index in [2.05, 4.69) is 5.32 Å². The van der Waals surface area contributed by atoms with Gasteiger partial charge in [0.05, 0.1) is 43.2 Å². The van der Waals surface area contributed by atoms with E-state index in [0.29, 0.717) is 37.6 Å². The second kappa shape index (κ2) is 8.10. The number of nitrogens with one attached hydrogen (secondary N) is 1. The van der Waals surface area contributed by atoms with E-state index in [1.54, 1.807) is 17.0 Å². The molecule has 3 amide bonds. The van der Waals surface area contributed by atoms with Crippen molar-refractivity contribution in [2.75, 3.05) is 49.1 Å². The van der Waals surface area contributed by atoms with Crippen LogP contribution in [0.4, 0.5) is 20.6 Å². The van der Waals surface area contributed by atoms with Gasteiger partial charge in [-0.1, -0.05) is 0 Å². The minimum Gasteiger partial charge on any atom is -0.442 e. The number of likely N-dealkylation sites (tertiary alicyclic amines) is 1. The quantitative estimate of drug-likeness (QED) is 0.772. The van der Waals surface area contributed by atoms with E-state index in [1.165, 1.54) is 24.8 Å². The zero-order valence-electron chi connectivity index (χ0n) is 17.0. The molecule has 9 nitrogen and oxygen atoms in total. The van der Waals surface area contributed by atoms with Crippen LogP contribution in [0.1, 0.15) is 13.8 Å². The summed E-state index contributed by atoms with van der Waals surface area (Å²) >= 11 is 0. The summed E-state index contributed by atoms with van der Waals surface area (Å²) in [7, 11) is 0. The summed E-state index contributed by atoms with van der Waals surface area (Å²) in [5.41, 5.74) is 0.818. The summed E-state index contributed by atoms with van der Waals surface area (Å²) in [5.74, 6) is -0.684. The first-order valence-electron chi connectivity index (χ1n) is 9.99. The molecule has 3 unspecified atom stereocenters. The van der Waals surface area contributed by atoms with Gasteiger partial charge >= 0.3 is 6.09 Å². The lowest BCUT2D eigenvalue weighted by atomic mass is 10.1. The molecular formula is C20H25FN4O5. The fourth-order valence-corrected chi connectivity index (χ4v) is 4.24. The maximum atomic E-state index is 15.1. The summed E-state index contributed by atoms with van der Waals surface area (Å²) in [4.78, 5) is 40.0. The van der Waals surface area contributed by atoms with Gasteiger partial charge in [-0.25, -0.2) is 9.18 Å². The molecule has 30 heavy (non-hydrogen) atoms. The molecular weight excluding hydrogens is 395 g/mol. The Morgan fingerprint density at radius 1 is 1.23 bits per heavy atom. The molecule has 1 aromatic rings. The maximum Gasteiger partial charge on any atom is 0.414 e. The Morgan fingerprint density at radius 2 is 2.03 bits per heavy atom. The Hall–Kier alpha value is -2.88. The van der Waals surface area contributed by atoms with E-state index in [4.69, 9.17) is 9.47 Å². The number of anilines is 2. The normalized spacial score (nSPS) is 25.9. The van der Waals surface area contributed by atoms with Crippen molar-refractivity contribution in [2.24, 2.45) is 0 Å². The first-order chi connectivity index (χ1) is 14.3. The summed E-state index contributed by atoms with van der Waals surface area (Å²) in [5, 5.41) is 2.61. The third-order valence-corrected chi connectivity index (χ3v) is 5.75. The van der Waals surface area contributed by atoms with Crippen molar-refractivity contribution < 1.29 is 28.2 Å². The van der Waals surface area contributed by atoms with E-state index in [1.807, 2.05) is 4.90 Å². The average molecular weight is 420 g/mol. The number of hydrogen-bond acceptors (Lipinski definition) is 6. The van der Waals surface area contributed by atoms with Gasteiger partial charge in [-0.2, -0.15) is 0 Å². The smallest absolute Gasteiger partial charge is 0.414 e. The van der Waals surface area contributed by atoms with E-state index in [-0.39, 0.29) is 37.0 Å². The van der Waals surface area contributed by atoms with Crippen LogP contribution in [0.2, 0.25) is 0 Å². The average Bonchev–Trinajstić information content (AvgIpc) is 3.30. The van der Waals surface area contributed by atoms with Crippen molar-refractivity contribution in [3.05, 3.63) is 24.0 Å². The molecule has 0 radical (unpaired) electrons. The summed E-state index contributed by atoms with van der Waals surface area (Å²) < 4.78 is 26.1. The van der Waals surface area contributed by atoms with Crippen molar-refractivity contribution in [3.8, 4) is 0 Å². The lowest BCUT2D eigenvalue weighted by Gasteiger charge is -2.38. The van der Waals surface area contributed by atoms with Crippen LogP contribution >= 0.6 is 0 Å². The van der Waals surface area contributed by atoms with Crippen molar-refractivity contribution in [1.82, 2.24) is 10.2 Å². The number of morpholine rings is 1. The highest BCUT2D eigenvalue weighted by Gasteiger charge is 2.42. The highest BCUT2D eigenvalue weighted by atomic mass is 19.1. The van der Waals surface area contributed by atoms with E-state index in [9.17, 15) is 14.4 Å². The largest absolute Gasteiger partial charge is 0.442 e. The van der Waals surface area contributed by atoms with Gasteiger partial charge in [0.25, 0.3) is 0 Å². The second-order valence-corrected chi connectivity index (χ2v) is 7.78. The molecule has 3 atom stereocenters. The van der Waals surface area contributed by atoms with Gasteiger partial charge in [0.15, 0.2) is 0 Å². The molecule has 3 aliphatic heterocycles. The van der Waals surface area contributed by atoms with Gasteiger partial charge in [-0.15, -0.1) is 0 Å². The molecule has 3 fully saturated rings. The van der Waals surface area contributed by atoms with Crippen LogP contribution in [0, 0.1) is 5.82 Å². The van der Waals surface area contributed by atoms with Crippen molar-refractivity contribution in [2.45, 2.75) is 32.1 Å². The number of carbonyl (C=O) groups is 3. The predicted octanol–water partition coefficient (Wildman–Crippen LogP) is 0.723. The molecule has 3 heterocycles. The summed E-state index contributed by atoms with van der Waals surface area (Å²) in [6.07, 6.45) is -1.21. The Kier molecular flexibility index (Phi) is 5.50. The van der Waals surface area contributed by atoms with E-state index >= 15 is 4.39 Å². The number of hydrogen-bond donors (Lipinski definition) is 1. The maximum absolute atomic E-state index is 15.1. The zero-order valence-corrected chi connectivity index (χ0v) is 17.0. The monoisotopic (exact) mass is 420 g/mol. The SMILES string of the molecule is CC(=O)NCC1CN(c2ccc(N3CCOC4CN(C(C)=O)CC43)c(F)c2)C(=O)O1. The zero-order chi connectivity index (χ0) is 21.4. The summed E-state index contributed by atoms with van der Waals surface area (Å²) in [6, 6.07) is 4.54. The molecule has 3 aliphatic rings. The Morgan fingerprint density at radius 3 is 2.73 bits per heavy atom. The molecule has 0 saturated carbocycles. The van der Waals surface area contributed by atoms with Crippen LogP contribution in [-0.4, -0.2) is 80.4 Å². The molecule has 1 N–H and O–H groups in total. The molecule has 1 aromatic carbocycles. The van der Waals surface area contributed by atoms with Crippen molar-refractivity contribution >= 4 is 29.3 Å². The van der Waals surface area contributed by atoms with E-state index < -0.39 is 18.0 Å². The Labute approximate surface area is 173 Å². The topological polar surface area (TPSA) is 91.4 Å². The standard InChI is InChI=1S/C20H25FN4O5/c1-12(26)22-8-15-9-25(20(28)30-15)14-3-4-17(16(21)7-14)24-5-6-29-19-11-23(13(2)27)10-18(19)24/h3-4,7,15,18-19H,5-6,8-11H2,1-2H3,(H,22,26).